The Kier molecular flexibility index (Phi) is 11.9. The summed E-state index contributed by atoms with van der Waals surface area (Å²) >= 11 is 0. The molecule has 33 heavy (non-hydrogen) atoms. The van der Waals surface area contributed by atoms with Crippen LogP contribution in [0.5, 0.6) is 0 Å². The lowest BCUT2D eigenvalue weighted by molar-refractivity contribution is -0.193. The lowest BCUT2D eigenvalue weighted by Crippen LogP contribution is -2.43. The van der Waals surface area contributed by atoms with Crippen LogP contribution in [0.15, 0.2) is 6.33 Å². The molecule has 1 atom stereocenters. The molecule has 1 aliphatic heterocycles. The Bertz CT molecular complexity index is 738. The van der Waals surface area contributed by atoms with E-state index < -0.39 is 24.3 Å². The van der Waals surface area contributed by atoms with Gasteiger partial charge in [-0.1, -0.05) is 0 Å². The Morgan fingerprint density at radius 3 is 1.85 bits per heavy atom. The van der Waals surface area contributed by atoms with E-state index in [9.17, 15) is 26.3 Å². The van der Waals surface area contributed by atoms with Crippen molar-refractivity contribution in [1.29, 1.82) is 0 Å². The fourth-order valence-electron chi connectivity index (χ4n) is 2.95. The lowest BCUT2D eigenvalue weighted by atomic mass is 10.0. The Morgan fingerprint density at radius 1 is 1.06 bits per heavy atom. The van der Waals surface area contributed by atoms with Gasteiger partial charge in [-0.25, -0.2) is 14.6 Å². The lowest BCUT2D eigenvalue weighted by Gasteiger charge is -2.39. The molecular weight excluding hydrogens is 464 g/mol. The van der Waals surface area contributed by atoms with Crippen LogP contribution >= 0.6 is 0 Å². The number of carboxylic acids is 2. The molecule has 1 aromatic rings. The van der Waals surface area contributed by atoms with Gasteiger partial charge in [0.25, 0.3) is 0 Å². The zero-order valence-corrected chi connectivity index (χ0v) is 18.9. The average Bonchev–Trinajstić information content (AvgIpc) is 3.10. The molecule has 1 aromatic heterocycles. The molecule has 0 spiro atoms. The molecule has 0 radical (unpaired) electrons. The van der Waals surface area contributed by atoms with E-state index in [1.165, 1.54) is 11.4 Å². The van der Waals surface area contributed by atoms with Gasteiger partial charge in [0.15, 0.2) is 0 Å². The summed E-state index contributed by atoms with van der Waals surface area (Å²) in [4.78, 5) is 24.9. The summed E-state index contributed by atoms with van der Waals surface area (Å²) in [6.45, 7) is 13.6. The highest BCUT2D eigenvalue weighted by Crippen LogP contribution is 2.32. The monoisotopic (exact) mass is 493 g/mol. The third-order valence-corrected chi connectivity index (χ3v) is 4.42. The molecule has 2 N–H and O–H groups in total. The van der Waals surface area contributed by atoms with Crippen molar-refractivity contribution in [1.82, 2.24) is 14.5 Å². The van der Waals surface area contributed by atoms with E-state index >= 15 is 0 Å². The van der Waals surface area contributed by atoms with Crippen molar-refractivity contribution in [3.63, 3.8) is 0 Å². The van der Waals surface area contributed by atoms with Crippen molar-refractivity contribution in [2.45, 2.75) is 71.5 Å². The highest BCUT2D eigenvalue weighted by molar-refractivity contribution is 5.73. The van der Waals surface area contributed by atoms with Gasteiger partial charge in [-0.05, 0) is 34.6 Å². The average molecular weight is 493 g/mol. The first-order chi connectivity index (χ1) is 14.9. The molecule has 0 saturated heterocycles. The Balaban J connectivity index is 0.000000605. The minimum absolute atomic E-state index is 0.341. The summed E-state index contributed by atoms with van der Waals surface area (Å²) in [5.41, 5.74) is 2.62. The molecule has 2 rings (SSSR count). The second kappa shape index (κ2) is 12.8. The van der Waals surface area contributed by atoms with Crippen LogP contribution in [0.4, 0.5) is 26.3 Å². The van der Waals surface area contributed by atoms with Crippen LogP contribution < -0.4 is 0 Å². The van der Waals surface area contributed by atoms with E-state index in [0.29, 0.717) is 18.1 Å². The maximum absolute atomic E-state index is 10.6. The maximum atomic E-state index is 10.6. The van der Waals surface area contributed by atoms with Crippen LogP contribution in [0.25, 0.3) is 0 Å². The molecule has 0 amide bonds. The number of hydrogen-bond donors (Lipinski definition) is 2. The van der Waals surface area contributed by atoms with Gasteiger partial charge in [0.2, 0.25) is 0 Å². The summed E-state index contributed by atoms with van der Waals surface area (Å²) in [6, 6.07) is 1.33. The van der Waals surface area contributed by atoms with Crippen LogP contribution in [0.1, 0.15) is 58.1 Å². The van der Waals surface area contributed by atoms with E-state index in [1.807, 2.05) is 6.33 Å². The molecule has 192 valence electrons. The standard InChI is InChI=1S/C15H27N3O.2C2HF3O2/c1-6-19-9-14-15-13(7-8-17(14)11(2)3)16-10-18(15)12(4)5;2*3-2(4,5)1(6)7/h10-12,14H,6-9H2,1-5H3;2*(H,6,7). The van der Waals surface area contributed by atoms with Crippen molar-refractivity contribution >= 4 is 11.9 Å². The van der Waals surface area contributed by atoms with E-state index in [1.54, 1.807) is 0 Å². The molecule has 0 fully saturated rings. The first-order valence-electron chi connectivity index (χ1n) is 9.94. The normalized spacial score (nSPS) is 16.5. The van der Waals surface area contributed by atoms with Crippen molar-refractivity contribution in [3.05, 3.63) is 17.7 Å². The van der Waals surface area contributed by atoms with E-state index in [-0.39, 0.29) is 0 Å². The van der Waals surface area contributed by atoms with Crippen molar-refractivity contribution < 1.29 is 50.9 Å². The summed E-state index contributed by atoms with van der Waals surface area (Å²) in [6.07, 6.45) is -7.12. The number of alkyl halides is 6. The number of carbonyl (C=O) groups is 2. The van der Waals surface area contributed by atoms with Crippen molar-refractivity contribution in [2.24, 2.45) is 0 Å². The summed E-state index contributed by atoms with van der Waals surface area (Å²) in [5.74, 6) is -5.51. The predicted octanol–water partition coefficient (Wildman–Crippen LogP) is 4.07. The van der Waals surface area contributed by atoms with E-state index in [2.05, 4.69) is 49.1 Å². The summed E-state index contributed by atoms with van der Waals surface area (Å²) in [7, 11) is 0. The number of carboxylic acid groups (broad SMARTS) is 2. The van der Waals surface area contributed by atoms with Gasteiger partial charge in [-0.15, -0.1) is 0 Å². The number of ether oxygens (including phenoxy) is 1. The number of hydrogen-bond acceptors (Lipinski definition) is 5. The smallest absolute Gasteiger partial charge is 0.475 e. The van der Waals surface area contributed by atoms with Gasteiger partial charge < -0.3 is 19.5 Å². The van der Waals surface area contributed by atoms with Gasteiger partial charge in [0, 0.05) is 31.7 Å². The van der Waals surface area contributed by atoms with E-state index in [0.717, 1.165) is 26.2 Å². The molecule has 0 bridgehead atoms. The SMILES string of the molecule is CCOCC1c2c(ncn2C(C)C)CCN1C(C)C.O=C(O)C(F)(F)F.O=C(O)C(F)(F)F. The van der Waals surface area contributed by atoms with Crippen LogP contribution in [0.2, 0.25) is 0 Å². The van der Waals surface area contributed by atoms with Crippen molar-refractivity contribution in [3.8, 4) is 0 Å². The first kappa shape index (κ1) is 30.6. The number of fused-ring (bicyclic) bond motifs is 1. The Hall–Kier alpha value is -2.35. The van der Waals surface area contributed by atoms with Gasteiger partial charge in [0.1, 0.15) is 0 Å². The zero-order valence-electron chi connectivity index (χ0n) is 18.9. The summed E-state index contributed by atoms with van der Waals surface area (Å²) < 4.78 is 71.5. The molecule has 14 heteroatoms. The van der Waals surface area contributed by atoms with Crippen LogP contribution in [0.3, 0.4) is 0 Å². The highest BCUT2D eigenvalue weighted by atomic mass is 19.4. The van der Waals surface area contributed by atoms with E-state index in [4.69, 9.17) is 24.5 Å². The van der Waals surface area contributed by atoms with Crippen LogP contribution in [-0.4, -0.2) is 74.8 Å². The molecule has 0 saturated carbocycles. The van der Waals surface area contributed by atoms with Gasteiger partial charge in [-0.2, -0.15) is 26.3 Å². The number of rotatable bonds is 5. The number of imidazole rings is 1. The molecule has 0 aliphatic carbocycles. The predicted molar refractivity (Wildman–Crippen MR) is 105 cm³/mol. The largest absolute Gasteiger partial charge is 0.490 e. The third-order valence-electron chi connectivity index (χ3n) is 4.42. The van der Waals surface area contributed by atoms with Crippen molar-refractivity contribution in [2.75, 3.05) is 19.8 Å². The van der Waals surface area contributed by atoms with Gasteiger partial charge in [0.05, 0.1) is 30.4 Å². The molecule has 1 aliphatic rings. The molecular formula is C19H29F6N3O5. The number of aliphatic carboxylic acids is 2. The number of nitrogens with zero attached hydrogens (tertiary/aromatic N) is 3. The fraction of sp³-hybridized carbons (Fsp3) is 0.737. The Labute approximate surface area is 187 Å². The molecule has 2 heterocycles. The van der Waals surface area contributed by atoms with Gasteiger partial charge >= 0.3 is 24.3 Å². The maximum Gasteiger partial charge on any atom is 0.490 e. The quantitative estimate of drug-likeness (QED) is 0.596. The number of aromatic nitrogens is 2. The molecule has 8 nitrogen and oxygen atoms in total. The fourth-order valence-corrected chi connectivity index (χ4v) is 2.95. The molecule has 0 aromatic carbocycles. The zero-order chi connectivity index (χ0) is 26.1. The third kappa shape index (κ3) is 9.98. The second-order valence-corrected chi connectivity index (χ2v) is 7.44. The van der Waals surface area contributed by atoms with Crippen LogP contribution in [-0.2, 0) is 20.7 Å². The minimum Gasteiger partial charge on any atom is -0.475 e. The highest BCUT2D eigenvalue weighted by Gasteiger charge is 2.39. The minimum atomic E-state index is -5.08. The number of halogens is 6. The Morgan fingerprint density at radius 2 is 1.52 bits per heavy atom. The summed E-state index contributed by atoms with van der Waals surface area (Å²) in [5, 5.41) is 14.2. The van der Waals surface area contributed by atoms with Crippen LogP contribution in [0, 0.1) is 0 Å². The topological polar surface area (TPSA) is 105 Å². The molecule has 1 unspecified atom stereocenters. The first-order valence-corrected chi connectivity index (χ1v) is 9.94. The second-order valence-electron chi connectivity index (χ2n) is 7.44. The van der Waals surface area contributed by atoms with Gasteiger partial charge in [-0.3, -0.25) is 4.90 Å².